The molecule has 17 heavy (non-hydrogen) atoms. The molecule has 1 aliphatic rings. The number of rotatable bonds is 4. The average Bonchev–Trinajstić information content (AvgIpc) is 2.78. The van der Waals surface area contributed by atoms with Gasteiger partial charge in [-0.1, -0.05) is 0 Å². The number of likely N-dealkylation sites (N-methyl/N-ethyl adjacent to an activating group) is 2. The summed E-state index contributed by atoms with van der Waals surface area (Å²) < 4.78 is 5.26. The molecular formula is C11H21N5O. The quantitative estimate of drug-likeness (QED) is 0.796. The van der Waals surface area contributed by atoms with Crippen molar-refractivity contribution in [3.05, 3.63) is 5.89 Å². The highest BCUT2D eigenvalue weighted by molar-refractivity contribution is 5.28. The topological polar surface area (TPSA) is 57.4 Å². The van der Waals surface area contributed by atoms with Crippen molar-refractivity contribution in [1.29, 1.82) is 0 Å². The Morgan fingerprint density at radius 1 is 1.35 bits per heavy atom. The van der Waals surface area contributed by atoms with Gasteiger partial charge in [0.1, 0.15) is 0 Å². The summed E-state index contributed by atoms with van der Waals surface area (Å²) in [7, 11) is 4.07. The Morgan fingerprint density at radius 2 is 2.06 bits per heavy atom. The van der Waals surface area contributed by atoms with E-state index in [2.05, 4.69) is 39.2 Å². The Morgan fingerprint density at radius 3 is 2.71 bits per heavy atom. The molecule has 1 aliphatic heterocycles. The SMILES string of the molecule is CNC(C)Cc1nc(N2CCN(C)CC2)no1. The molecule has 96 valence electrons. The van der Waals surface area contributed by atoms with Gasteiger partial charge in [0, 0.05) is 38.6 Å². The monoisotopic (exact) mass is 239 g/mol. The first-order chi connectivity index (χ1) is 8.19. The fourth-order valence-electron chi connectivity index (χ4n) is 1.83. The van der Waals surface area contributed by atoms with Crippen LogP contribution in [0.15, 0.2) is 4.52 Å². The number of aromatic nitrogens is 2. The largest absolute Gasteiger partial charge is 0.337 e. The number of hydrogen-bond donors (Lipinski definition) is 1. The van der Waals surface area contributed by atoms with Gasteiger partial charge in [0.25, 0.3) is 5.95 Å². The van der Waals surface area contributed by atoms with Crippen molar-refractivity contribution < 1.29 is 4.52 Å². The zero-order chi connectivity index (χ0) is 12.3. The van der Waals surface area contributed by atoms with E-state index >= 15 is 0 Å². The summed E-state index contributed by atoms with van der Waals surface area (Å²) >= 11 is 0. The molecule has 2 rings (SSSR count). The highest BCUT2D eigenvalue weighted by atomic mass is 16.5. The second kappa shape index (κ2) is 5.46. The summed E-state index contributed by atoms with van der Waals surface area (Å²) in [5.74, 6) is 1.44. The van der Waals surface area contributed by atoms with E-state index in [0.29, 0.717) is 11.9 Å². The maximum absolute atomic E-state index is 5.26. The van der Waals surface area contributed by atoms with E-state index in [1.807, 2.05) is 7.05 Å². The van der Waals surface area contributed by atoms with Crippen molar-refractivity contribution in [1.82, 2.24) is 20.4 Å². The molecule has 0 aliphatic carbocycles. The van der Waals surface area contributed by atoms with E-state index in [1.165, 1.54) is 0 Å². The summed E-state index contributed by atoms with van der Waals surface area (Å²) in [4.78, 5) is 8.92. The van der Waals surface area contributed by atoms with Gasteiger partial charge in [0.2, 0.25) is 5.89 Å². The van der Waals surface area contributed by atoms with Crippen LogP contribution in [0.5, 0.6) is 0 Å². The zero-order valence-corrected chi connectivity index (χ0v) is 10.8. The third-order valence-corrected chi connectivity index (χ3v) is 3.22. The van der Waals surface area contributed by atoms with E-state index in [4.69, 9.17) is 4.52 Å². The lowest BCUT2D eigenvalue weighted by atomic mass is 10.2. The third-order valence-electron chi connectivity index (χ3n) is 3.22. The molecule has 1 fully saturated rings. The number of nitrogens with one attached hydrogen (secondary N) is 1. The van der Waals surface area contributed by atoms with E-state index in [0.717, 1.165) is 38.5 Å². The van der Waals surface area contributed by atoms with E-state index in [9.17, 15) is 0 Å². The molecular weight excluding hydrogens is 218 g/mol. The van der Waals surface area contributed by atoms with Gasteiger partial charge < -0.3 is 19.6 Å². The van der Waals surface area contributed by atoms with Crippen LogP contribution in [0, 0.1) is 0 Å². The van der Waals surface area contributed by atoms with Gasteiger partial charge >= 0.3 is 0 Å². The Bertz CT molecular complexity index is 345. The minimum absolute atomic E-state index is 0.357. The van der Waals surface area contributed by atoms with Crippen molar-refractivity contribution >= 4 is 5.95 Å². The third kappa shape index (κ3) is 3.17. The van der Waals surface area contributed by atoms with Crippen LogP contribution in [-0.2, 0) is 6.42 Å². The van der Waals surface area contributed by atoms with Gasteiger partial charge in [-0.3, -0.25) is 0 Å². The minimum Gasteiger partial charge on any atom is -0.337 e. The van der Waals surface area contributed by atoms with Crippen molar-refractivity contribution in [3.8, 4) is 0 Å². The van der Waals surface area contributed by atoms with Gasteiger partial charge in [-0.2, -0.15) is 4.98 Å². The average molecular weight is 239 g/mol. The second-order valence-electron chi connectivity index (χ2n) is 4.67. The normalized spacial score (nSPS) is 19.6. The maximum Gasteiger partial charge on any atom is 0.266 e. The first-order valence-corrected chi connectivity index (χ1v) is 6.12. The van der Waals surface area contributed by atoms with Crippen LogP contribution in [0.2, 0.25) is 0 Å². The van der Waals surface area contributed by atoms with Crippen LogP contribution in [0.25, 0.3) is 0 Å². The fourth-order valence-corrected chi connectivity index (χ4v) is 1.83. The second-order valence-corrected chi connectivity index (χ2v) is 4.67. The highest BCUT2D eigenvalue weighted by Gasteiger charge is 2.19. The first-order valence-electron chi connectivity index (χ1n) is 6.12. The number of piperazine rings is 1. The van der Waals surface area contributed by atoms with E-state index < -0.39 is 0 Å². The van der Waals surface area contributed by atoms with Crippen LogP contribution in [0.1, 0.15) is 12.8 Å². The lowest BCUT2D eigenvalue weighted by molar-refractivity contribution is 0.308. The van der Waals surface area contributed by atoms with Crippen molar-refractivity contribution in [2.24, 2.45) is 0 Å². The molecule has 0 radical (unpaired) electrons. The molecule has 1 aromatic heterocycles. The Hall–Kier alpha value is -1.14. The molecule has 6 nitrogen and oxygen atoms in total. The summed E-state index contributed by atoms with van der Waals surface area (Å²) in [6, 6.07) is 0.357. The molecule has 0 aromatic carbocycles. The summed E-state index contributed by atoms with van der Waals surface area (Å²) in [5, 5.41) is 7.21. The van der Waals surface area contributed by atoms with Crippen LogP contribution in [0.3, 0.4) is 0 Å². The minimum atomic E-state index is 0.357. The van der Waals surface area contributed by atoms with Crippen molar-refractivity contribution in [3.63, 3.8) is 0 Å². The Balaban J connectivity index is 1.93. The van der Waals surface area contributed by atoms with Crippen LogP contribution >= 0.6 is 0 Å². The number of hydrogen-bond acceptors (Lipinski definition) is 6. The molecule has 0 saturated carbocycles. The van der Waals surface area contributed by atoms with Gasteiger partial charge in [-0.15, -0.1) is 0 Å². The lowest BCUT2D eigenvalue weighted by Crippen LogP contribution is -2.44. The molecule has 0 amide bonds. The molecule has 1 N–H and O–H groups in total. The Kier molecular flexibility index (Phi) is 3.96. The van der Waals surface area contributed by atoms with Crippen LogP contribution in [0.4, 0.5) is 5.95 Å². The molecule has 1 atom stereocenters. The predicted molar refractivity (Wildman–Crippen MR) is 66.2 cm³/mol. The fraction of sp³-hybridized carbons (Fsp3) is 0.818. The first kappa shape index (κ1) is 12.3. The molecule has 0 bridgehead atoms. The van der Waals surface area contributed by atoms with Crippen LogP contribution in [-0.4, -0.2) is 61.4 Å². The van der Waals surface area contributed by atoms with Gasteiger partial charge in [0.05, 0.1) is 0 Å². The number of anilines is 1. The smallest absolute Gasteiger partial charge is 0.266 e. The standard InChI is InChI=1S/C11H21N5O/c1-9(12-2)8-10-13-11(14-17-10)16-6-4-15(3)5-7-16/h9,12H,4-8H2,1-3H3. The molecule has 2 heterocycles. The Labute approximate surface area is 102 Å². The van der Waals surface area contributed by atoms with Crippen molar-refractivity contribution in [2.75, 3.05) is 45.2 Å². The molecule has 1 unspecified atom stereocenters. The number of nitrogens with zero attached hydrogens (tertiary/aromatic N) is 4. The molecule has 1 saturated heterocycles. The predicted octanol–water partition coefficient (Wildman–Crippen LogP) is -0.0282. The van der Waals surface area contributed by atoms with Gasteiger partial charge in [0.15, 0.2) is 0 Å². The van der Waals surface area contributed by atoms with E-state index in [-0.39, 0.29) is 0 Å². The van der Waals surface area contributed by atoms with Crippen LogP contribution < -0.4 is 10.2 Å². The molecule has 0 spiro atoms. The summed E-state index contributed by atoms with van der Waals surface area (Å²) in [6.07, 6.45) is 0.775. The highest BCUT2D eigenvalue weighted by Crippen LogP contribution is 2.12. The van der Waals surface area contributed by atoms with E-state index in [1.54, 1.807) is 0 Å². The molecule has 6 heteroatoms. The summed E-state index contributed by atoms with van der Waals surface area (Å²) in [5.41, 5.74) is 0. The maximum atomic E-state index is 5.26. The van der Waals surface area contributed by atoms with Gasteiger partial charge in [-0.25, -0.2) is 0 Å². The van der Waals surface area contributed by atoms with Gasteiger partial charge in [-0.05, 0) is 26.2 Å². The lowest BCUT2D eigenvalue weighted by Gasteiger charge is -2.31. The summed E-state index contributed by atoms with van der Waals surface area (Å²) in [6.45, 7) is 6.14. The zero-order valence-electron chi connectivity index (χ0n) is 10.8. The molecule has 1 aromatic rings. The van der Waals surface area contributed by atoms with Crippen molar-refractivity contribution in [2.45, 2.75) is 19.4 Å².